The van der Waals surface area contributed by atoms with E-state index in [-0.39, 0.29) is 18.1 Å². The third-order valence-corrected chi connectivity index (χ3v) is 4.63. The zero-order valence-corrected chi connectivity index (χ0v) is 17.5. The molecule has 3 rings (SSSR count). The Hall–Kier alpha value is -3.58. The van der Waals surface area contributed by atoms with Gasteiger partial charge in [0, 0.05) is 23.4 Å². The molecule has 0 aliphatic rings. The Morgan fingerprint density at radius 3 is 2.48 bits per heavy atom. The van der Waals surface area contributed by atoms with Gasteiger partial charge in [-0.3, -0.25) is 4.79 Å². The molecular weight excluding hydrogens is 399 g/mol. The van der Waals surface area contributed by atoms with Gasteiger partial charge in [0.05, 0.1) is 20.6 Å². The first-order chi connectivity index (χ1) is 15.1. The number of nitrogens with two attached hydrogens (primary N) is 1. The molecule has 1 amide bonds. The average molecular weight is 424 g/mol. The predicted molar refractivity (Wildman–Crippen MR) is 118 cm³/mol. The lowest BCUT2D eigenvalue weighted by Crippen LogP contribution is -2.15. The molecule has 0 atom stereocenters. The minimum Gasteiger partial charge on any atom is -0.493 e. The minimum absolute atomic E-state index is 0.127. The van der Waals surface area contributed by atoms with Crippen molar-refractivity contribution in [2.24, 2.45) is 5.73 Å². The molecular formula is C24H25FN2O4. The van der Waals surface area contributed by atoms with E-state index in [9.17, 15) is 9.18 Å². The third-order valence-electron chi connectivity index (χ3n) is 4.63. The highest BCUT2D eigenvalue weighted by molar-refractivity contribution is 5.97. The molecule has 3 N–H and O–H groups in total. The normalized spacial score (nSPS) is 10.5. The van der Waals surface area contributed by atoms with Gasteiger partial charge in [-0.2, -0.15) is 0 Å². The van der Waals surface area contributed by atoms with E-state index in [4.69, 9.17) is 19.9 Å². The fourth-order valence-corrected chi connectivity index (χ4v) is 3.25. The highest BCUT2D eigenvalue weighted by Gasteiger charge is 2.16. The number of hydrogen-bond acceptors (Lipinski definition) is 5. The summed E-state index contributed by atoms with van der Waals surface area (Å²) in [5.41, 5.74) is 8.01. The van der Waals surface area contributed by atoms with Crippen LogP contribution in [0.1, 0.15) is 5.56 Å². The van der Waals surface area contributed by atoms with Crippen LogP contribution in [0.2, 0.25) is 0 Å². The number of hydrogen-bond donors (Lipinski definition) is 2. The van der Waals surface area contributed by atoms with Crippen molar-refractivity contribution >= 4 is 11.6 Å². The summed E-state index contributed by atoms with van der Waals surface area (Å²) in [7, 11) is 2.95. The van der Waals surface area contributed by atoms with Crippen LogP contribution in [-0.4, -0.2) is 33.3 Å². The van der Waals surface area contributed by atoms with Crippen molar-refractivity contribution in [2.75, 3.05) is 32.7 Å². The van der Waals surface area contributed by atoms with Crippen molar-refractivity contribution in [3.8, 4) is 28.4 Å². The Balaban J connectivity index is 1.80. The van der Waals surface area contributed by atoms with E-state index in [1.807, 2.05) is 6.07 Å². The first-order valence-electron chi connectivity index (χ1n) is 9.79. The largest absolute Gasteiger partial charge is 0.493 e. The van der Waals surface area contributed by atoms with Crippen LogP contribution in [0, 0.1) is 5.82 Å². The molecule has 0 radical (unpaired) electrons. The van der Waals surface area contributed by atoms with Crippen LogP contribution in [0.3, 0.4) is 0 Å². The lowest BCUT2D eigenvalue weighted by Gasteiger charge is -2.15. The SMILES string of the molecule is COc1cc(CC(=O)Nc2ccccc2-c2cccc(F)c2OC)ccc1OCCN. The van der Waals surface area contributed by atoms with E-state index in [1.54, 1.807) is 48.5 Å². The second-order valence-electron chi connectivity index (χ2n) is 6.71. The molecule has 0 heterocycles. The van der Waals surface area contributed by atoms with Crippen molar-refractivity contribution in [1.29, 1.82) is 0 Å². The number of anilines is 1. The Morgan fingerprint density at radius 1 is 0.968 bits per heavy atom. The monoisotopic (exact) mass is 424 g/mol. The minimum atomic E-state index is -0.467. The number of carbonyl (C=O) groups is 1. The molecule has 3 aromatic carbocycles. The Kier molecular flexibility index (Phi) is 7.45. The molecule has 0 aromatic heterocycles. The Morgan fingerprint density at radius 2 is 1.74 bits per heavy atom. The van der Waals surface area contributed by atoms with E-state index >= 15 is 0 Å². The molecule has 0 aliphatic carbocycles. The van der Waals surface area contributed by atoms with E-state index in [0.717, 1.165) is 5.56 Å². The van der Waals surface area contributed by atoms with Crippen molar-refractivity contribution in [3.63, 3.8) is 0 Å². The number of amides is 1. The quantitative estimate of drug-likeness (QED) is 0.542. The van der Waals surface area contributed by atoms with Crippen LogP contribution in [0.5, 0.6) is 17.2 Å². The van der Waals surface area contributed by atoms with E-state index in [0.29, 0.717) is 41.5 Å². The number of methoxy groups -OCH3 is 2. The van der Waals surface area contributed by atoms with Crippen molar-refractivity contribution in [2.45, 2.75) is 6.42 Å². The van der Waals surface area contributed by atoms with Gasteiger partial charge in [0.15, 0.2) is 23.1 Å². The zero-order valence-electron chi connectivity index (χ0n) is 17.5. The molecule has 162 valence electrons. The highest BCUT2D eigenvalue weighted by atomic mass is 19.1. The summed E-state index contributed by atoms with van der Waals surface area (Å²) in [5.74, 6) is 0.539. The summed E-state index contributed by atoms with van der Waals surface area (Å²) in [6.07, 6.45) is 0.127. The number of ether oxygens (including phenoxy) is 3. The molecule has 31 heavy (non-hydrogen) atoms. The summed E-state index contributed by atoms with van der Waals surface area (Å²) in [6, 6.07) is 17.2. The summed E-state index contributed by atoms with van der Waals surface area (Å²) >= 11 is 0. The number of para-hydroxylation sites is 2. The smallest absolute Gasteiger partial charge is 0.228 e. The Bertz CT molecular complexity index is 1060. The second-order valence-corrected chi connectivity index (χ2v) is 6.71. The first kappa shape index (κ1) is 22.1. The van der Waals surface area contributed by atoms with Gasteiger partial charge in [-0.25, -0.2) is 4.39 Å². The van der Waals surface area contributed by atoms with Crippen LogP contribution < -0.4 is 25.3 Å². The molecule has 7 heteroatoms. The zero-order chi connectivity index (χ0) is 22.2. The summed E-state index contributed by atoms with van der Waals surface area (Å²) in [4.78, 5) is 12.7. The topological polar surface area (TPSA) is 82.8 Å². The van der Waals surface area contributed by atoms with Gasteiger partial charge < -0.3 is 25.3 Å². The first-order valence-corrected chi connectivity index (χ1v) is 9.79. The van der Waals surface area contributed by atoms with E-state index in [2.05, 4.69) is 5.32 Å². The van der Waals surface area contributed by atoms with Crippen LogP contribution in [0.15, 0.2) is 60.7 Å². The number of rotatable bonds is 9. The van der Waals surface area contributed by atoms with Gasteiger partial charge >= 0.3 is 0 Å². The van der Waals surface area contributed by atoms with Gasteiger partial charge in [-0.1, -0.05) is 36.4 Å². The van der Waals surface area contributed by atoms with Gasteiger partial charge in [0.2, 0.25) is 5.91 Å². The van der Waals surface area contributed by atoms with Gasteiger partial charge in [0.25, 0.3) is 0 Å². The van der Waals surface area contributed by atoms with E-state index in [1.165, 1.54) is 20.3 Å². The molecule has 0 saturated carbocycles. The van der Waals surface area contributed by atoms with E-state index < -0.39 is 5.82 Å². The summed E-state index contributed by atoms with van der Waals surface area (Å²) in [6.45, 7) is 0.763. The molecule has 0 aliphatic heterocycles. The fraction of sp³-hybridized carbons (Fsp3) is 0.208. The third kappa shape index (κ3) is 5.32. The maximum absolute atomic E-state index is 14.2. The number of nitrogens with one attached hydrogen (secondary N) is 1. The number of carbonyl (C=O) groups excluding carboxylic acids is 1. The van der Waals surface area contributed by atoms with Gasteiger partial charge in [-0.15, -0.1) is 0 Å². The number of benzene rings is 3. The fourth-order valence-electron chi connectivity index (χ4n) is 3.25. The lowest BCUT2D eigenvalue weighted by molar-refractivity contribution is -0.115. The van der Waals surface area contributed by atoms with Crippen molar-refractivity contribution in [1.82, 2.24) is 0 Å². The molecule has 0 fully saturated rings. The molecule has 3 aromatic rings. The van der Waals surface area contributed by atoms with Crippen LogP contribution in [-0.2, 0) is 11.2 Å². The molecule has 6 nitrogen and oxygen atoms in total. The van der Waals surface area contributed by atoms with Gasteiger partial charge in [-0.05, 0) is 29.8 Å². The standard InChI is InChI=1S/C24H25FN2O4/c1-29-22-14-16(10-11-21(22)31-13-12-26)15-23(28)27-20-9-4-3-6-17(20)18-7-5-8-19(25)24(18)30-2/h3-11,14H,12-13,15,26H2,1-2H3,(H,27,28). The second kappa shape index (κ2) is 10.4. The summed E-state index contributed by atoms with van der Waals surface area (Å²) < 4.78 is 30.3. The van der Waals surface area contributed by atoms with Crippen LogP contribution >= 0.6 is 0 Å². The molecule has 0 spiro atoms. The molecule has 0 bridgehead atoms. The van der Waals surface area contributed by atoms with Crippen LogP contribution in [0.4, 0.5) is 10.1 Å². The number of halogens is 1. The lowest BCUT2D eigenvalue weighted by atomic mass is 10.0. The van der Waals surface area contributed by atoms with Crippen molar-refractivity contribution < 1.29 is 23.4 Å². The average Bonchev–Trinajstić information content (AvgIpc) is 2.78. The molecule has 0 unspecified atom stereocenters. The summed E-state index contributed by atoms with van der Waals surface area (Å²) in [5, 5.41) is 2.91. The maximum Gasteiger partial charge on any atom is 0.228 e. The Labute approximate surface area is 180 Å². The highest BCUT2D eigenvalue weighted by Crippen LogP contribution is 2.36. The predicted octanol–water partition coefficient (Wildman–Crippen LogP) is 4.03. The van der Waals surface area contributed by atoms with Gasteiger partial charge in [0.1, 0.15) is 6.61 Å². The van der Waals surface area contributed by atoms with Crippen molar-refractivity contribution in [3.05, 3.63) is 72.0 Å². The molecule has 0 saturated heterocycles. The maximum atomic E-state index is 14.2. The van der Waals surface area contributed by atoms with Crippen LogP contribution in [0.25, 0.3) is 11.1 Å².